The molecule has 0 bridgehead atoms. The van der Waals surface area contributed by atoms with Gasteiger partial charge in [-0.05, 0) is 29.5 Å². The van der Waals surface area contributed by atoms with E-state index in [4.69, 9.17) is 0 Å². The van der Waals surface area contributed by atoms with Crippen molar-refractivity contribution in [2.24, 2.45) is 0 Å². The molecular weight excluding hydrogens is 208 g/mol. The third kappa shape index (κ3) is 1.87. The molecule has 0 saturated carbocycles. The van der Waals surface area contributed by atoms with Crippen LogP contribution in [0.15, 0.2) is 54.6 Å². The van der Waals surface area contributed by atoms with Gasteiger partial charge < -0.3 is 5.11 Å². The van der Waals surface area contributed by atoms with E-state index in [2.05, 4.69) is 36.4 Å². The summed E-state index contributed by atoms with van der Waals surface area (Å²) in [6, 6.07) is 18.8. The van der Waals surface area contributed by atoms with Gasteiger partial charge in [-0.15, -0.1) is 0 Å². The summed E-state index contributed by atoms with van der Waals surface area (Å²) in [4.78, 5) is 0. The number of aliphatic hydroxyl groups is 1. The van der Waals surface area contributed by atoms with Gasteiger partial charge in [-0.25, -0.2) is 0 Å². The molecule has 1 aliphatic rings. The maximum atomic E-state index is 10.3. The lowest BCUT2D eigenvalue weighted by Crippen LogP contribution is -2.26. The molecule has 2 aromatic rings. The van der Waals surface area contributed by atoms with E-state index in [0.717, 1.165) is 12.8 Å². The number of hydrogen-bond acceptors (Lipinski definition) is 1. The number of rotatable bonds is 1. The normalized spacial score (nSPS) is 23.1. The molecule has 0 aromatic heterocycles. The van der Waals surface area contributed by atoms with E-state index in [-0.39, 0.29) is 12.0 Å². The number of aryl methyl sites for hydroxylation is 1. The lowest BCUT2D eigenvalue weighted by Gasteiger charge is -2.30. The molecule has 2 atom stereocenters. The molecule has 3 rings (SSSR count). The highest BCUT2D eigenvalue weighted by Gasteiger charge is 2.28. The Labute approximate surface area is 102 Å². The zero-order chi connectivity index (χ0) is 11.7. The number of benzene rings is 2. The molecule has 0 spiro atoms. The molecule has 0 aliphatic heterocycles. The monoisotopic (exact) mass is 224 g/mol. The van der Waals surface area contributed by atoms with Gasteiger partial charge in [-0.2, -0.15) is 0 Å². The Morgan fingerprint density at radius 3 is 2.41 bits per heavy atom. The van der Waals surface area contributed by atoms with Crippen LogP contribution in [0.3, 0.4) is 0 Å². The number of hydrogen-bond donors (Lipinski definition) is 1. The molecule has 0 fully saturated rings. The fourth-order valence-electron chi connectivity index (χ4n) is 2.80. The van der Waals surface area contributed by atoms with Gasteiger partial charge in [0.05, 0.1) is 6.10 Å². The second-order valence-corrected chi connectivity index (χ2v) is 4.69. The SMILES string of the molecule is O[C@@H]1CCc2ccccc2[C@H]1c1ccccc1. The predicted molar refractivity (Wildman–Crippen MR) is 69.1 cm³/mol. The third-order valence-corrected chi connectivity index (χ3v) is 3.64. The van der Waals surface area contributed by atoms with Crippen molar-refractivity contribution in [2.75, 3.05) is 0 Å². The summed E-state index contributed by atoms with van der Waals surface area (Å²) in [5.41, 5.74) is 3.89. The van der Waals surface area contributed by atoms with Crippen molar-refractivity contribution in [3.63, 3.8) is 0 Å². The molecule has 0 unspecified atom stereocenters. The molecule has 1 heteroatoms. The van der Waals surface area contributed by atoms with Crippen LogP contribution in [0.25, 0.3) is 0 Å². The Hall–Kier alpha value is -1.60. The molecule has 0 heterocycles. The first-order valence-corrected chi connectivity index (χ1v) is 6.17. The van der Waals surface area contributed by atoms with Crippen LogP contribution in [0.1, 0.15) is 29.0 Å². The molecule has 17 heavy (non-hydrogen) atoms. The van der Waals surface area contributed by atoms with Crippen molar-refractivity contribution in [1.29, 1.82) is 0 Å². The minimum absolute atomic E-state index is 0.140. The second-order valence-electron chi connectivity index (χ2n) is 4.69. The first-order valence-electron chi connectivity index (χ1n) is 6.17. The van der Waals surface area contributed by atoms with E-state index in [1.54, 1.807) is 0 Å². The first kappa shape index (κ1) is 10.5. The molecule has 1 nitrogen and oxygen atoms in total. The molecule has 86 valence electrons. The molecule has 0 radical (unpaired) electrons. The Bertz CT molecular complexity index is 504. The average molecular weight is 224 g/mol. The van der Waals surface area contributed by atoms with Crippen molar-refractivity contribution < 1.29 is 5.11 Å². The van der Waals surface area contributed by atoms with Gasteiger partial charge in [0.1, 0.15) is 0 Å². The summed E-state index contributed by atoms with van der Waals surface area (Å²) in [5, 5.41) is 10.3. The Morgan fingerprint density at radius 1 is 0.882 bits per heavy atom. The van der Waals surface area contributed by atoms with Crippen LogP contribution in [0.5, 0.6) is 0 Å². The quantitative estimate of drug-likeness (QED) is 0.789. The smallest absolute Gasteiger partial charge is 0.0652 e. The second kappa shape index (κ2) is 4.34. The maximum absolute atomic E-state index is 10.3. The van der Waals surface area contributed by atoms with E-state index in [9.17, 15) is 5.11 Å². The summed E-state index contributed by atoms with van der Waals surface area (Å²) >= 11 is 0. The summed E-state index contributed by atoms with van der Waals surface area (Å²) < 4.78 is 0. The lowest BCUT2D eigenvalue weighted by atomic mass is 9.77. The largest absolute Gasteiger partial charge is 0.392 e. The minimum Gasteiger partial charge on any atom is -0.392 e. The Kier molecular flexibility index (Phi) is 2.69. The highest BCUT2D eigenvalue weighted by molar-refractivity contribution is 5.41. The number of fused-ring (bicyclic) bond motifs is 1. The van der Waals surface area contributed by atoms with Crippen LogP contribution < -0.4 is 0 Å². The summed E-state index contributed by atoms with van der Waals surface area (Å²) in [5.74, 6) is 0.140. The zero-order valence-corrected chi connectivity index (χ0v) is 9.71. The molecule has 1 N–H and O–H groups in total. The summed E-state index contributed by atoms with van der Waals surface area (Å²) in [7, 11) is 0. The van der Waals surface area contributed by atoms with Crippen molar-refractivity contribution >= 4 is 0 Å². The Morgan fingerprint density at radius 2 is 1.59 bits per heavy atom. The van der Waals surface area contributed by atoms with E-state index < -0.39 is 0 Å². The van der Waals surface area contributed by atoms with Gasteiger partial charge in [0.25, 0.3) is 0 Å². The fraction of sp³-hybridized carbons (Fsp3) is 0.250. The van der Waals surface area contributed by atoms with Crippen molar-refractivity contribution in [3.8, 4) is 0 Å². The molecule has 1 aliphatic carbocycles. The first-order chi connectivity index (χ1) is 8.36. The van der Waals surface area contributed by atoms with E-state index in [1.165, 1.54) is 16.7 Å². The highest BCUT2D eigenvalue weighted by atomic mass is 16.3. The van der Waals surface area contributed by atoms with Crippen LogP contribution in [-0.2, 0) is 6.42 Å². The zero-order valence-electron chi connectivity index (χ0n) is 9.71. The van der Waals surface area contributed by atoms with Gasteiger partial charge in [-0.3, -0.25) is 0 Å². The molecule has 2 aromatic carbocycles. The summed E-state index contributed by atoms with van der Waals surface area (Å²) in [6.07, 6.45) is 1.59. The van der Waals surface area contributed by atoms with Crippen LogP contribution in [0.2, 0.25) is 0 Å². The van der Waals surface area contributed by atoms with Crippen molar-refractivity contribution in [3.05, 3.63) is 71.3 Å². The minimum atomic E-state index is -0.257. The van der Waals surface area contributed by atoms with Gasteiger partial charge in [0, 0.05) is 5.92 Å². The van der Waals surface area contributed by atoms with Crippen LogP contribution in [-0.4, -0.2) is 11.2 Å². The standard InChI is InChI=1S/C16H16O/c17-15-11-10-12-6-4-5-9-14(12)16(15)13-7-2-1-3-8-13/h1-9,15-17H,10-11H2/t15-,16-/m1/s1. The van der Waals surface area contributed by atoms with E-state index in [1.807, 2.05) is 18.2 Å². The van der Waals surface area contributed by atoms with Gasteiger partial charge in [0.2, 0.25) is 0 Å². The van der Waals surface area contributed by atoms with Crippen molar-refractivity contribution in [2.45, 2.75) is 24.9 Å². The topological polar surface area (TPSA) is 20.2 Å². The predicted octanol–water partition coefficient (Wildman–Crippen LogP) is 3.13. The Balaban J connectivity index is 2.10. The van der Waals surface area contributed by atoms with Gasteiger partial charge >= 0.3 is 0 Å². The van der Waals surface area contributed by atoms with E-state index in [0.29, 0.717) is 0 Å². The van der Waals surface area contributed by atoms with Crippen molar-refractivity contribution in [1.82, 2.24) is 0 Å². The molecule has 0 saturated heterocycles. The number of aliphatic hydroxyl groups excluding tert-OH is 1. The molecular formula is C16H16O. The maximum Gasteiger partial charge on any atom is 0.0652 e. The summed E-state index contributed by atoms with van der Waals surface area (Å²) in [6.45, 7) is 0. The van der Waals surface area contributed by atoms with Gasteiger partial charge in [-0.1, -0.05) is 54.6 Å². The van der Waals surface area contributed by atoms with Crippen LogP contribution >= 0.6 is 0 Å². The van der Waals surface area contributed by atoms with Crippen LogP contribution in [0, 0.1) is 0 Å². The fourth-order valence-corrected chi connectivity index (χ4v) is 2.80. The average Bonchev–Trinajstić information content (AvgIpc) is 2.39. The van der Waals surface area contributed by atoms with Gasteiger partial charge in [0.15, 0.2) is 0 Å². The van der Waals surface area contributed by atoms with E-state index >= 15 is 0 Å². The lowest BCUT2D eigenvalue weighted by molar-refractivity contribution is 0.140. The third-order valence-electron chi connectivity index (χ3n) is 3.64. The molecule has 0 amide bonds. The highest BCUT2D eigenvalue weighted by Crippen LogP contribution is 2.36. The van der Waals surface area contributed by atoms with Crippen LogP contribution in [0.4, 0.5) is 0 Å².